The molecule has 0 aliphatic carbocycles. The fourth-order valence-electron chi connectivity index (χ4n) is 2.54. The van der Waals surface area contributed by atoms with Gasteiger partial charge in [0.15, 0.2) is 0 Å². The molecule has 106 valence electrons. The number of nitrogens with one attached hydrogen (secondary N) is 2. The Kier molecular flexibility index (Phi) is 3.92. The zero-order valence-electron chi connectivity index (χ0n) is 11.1. The number of nitrogens with zero attached hydrogens (tertiary/aromatic N) is 1. The Morgan fingerprint density at radius 3 is 3.20 bits per heavy atom. The van der Waals surface area contributed by atoms with Crippen LogP contribution in [0, 0.1) is 5.92 Å². The van der Waals surface area contributed by atoms with Crippen LogP contribution in [0.5, 0.6) is 0 Å². The molecular weight excluding hydrogens is 294 g/mol. The van der Waals surface area contributed by atoms with Crippen molar-refractivity contribution in [1.29, 1.82) is 0 Å². The summed E-state index contributed by atoms with van der Waals surface area (Å²) in [5, 5.41) is 6.73. The van der Waals surface area contributed by atoms with Gasteiger partial charge in [-0.3, -0.25) is 4.79 Å². The molecule has 2 N–H and O–H groups in total. The molecular formula is C14H16ClN3OS. The molecule has 1 amide bonds. The molecule has 1 aliphatic rings. The van der Waals surface area contributed by atoms with Crippen molar-refractivity contribution in [2.24, 2.45) is 5.92 Å². The van der Waals surface area contributed by atoms with Gasteiger partial charge in [0, 0.05) is 0 Å². The predicted octanol–water partition coefficient (Wildman–Crippen LogP) is 3.28. The summed E-state index contributed by atoms with van der Waals surface area (Å²) >= 11 is 7.74. The molecule has 0 bridgehead atoms. The summed E-state index contributed by atoms with van der Waals surface area (Å²) in [6.07, 6.45) is 1.97. The second-order valence-corrected chi connectivity index (χ2v) is 6.54. The maximum atomic E-state index is 12.4. The van der Waals surface area contributed by atoms with Gasteiger partial charge in [-0.25, -0.2) is 4.98 Å². The molecule has 2 atom stereocenters. The molecule has 1 aromatic carbocycles. The van der Waals surface area contributed by atoms with Crippen LogP contribution in [-0.2, 0) is 4.79 Å². The quantitative estimate of drug-likeness (QED) is 0.895. The number of thiazole rings is 1. The zero-order valence-corrected chi connectivity index (χ0v) is 12.7. The summed E-state index contributed by atoms with van der Waals surface area (Å²) in [6, 6.07) is 3.57. The number of amides is 1. The number of benzene rings is 1. The van der Waals surface area contributed by atoms with E-state index in [1.165, 1.54) is 11.3 Å². The first-order chi connectivity index (χ1) is 9.65. The summed E-state index contributed by atoms with van der Waals surface area (Å²) in [7, 11) is 0. The Bertz CT molecular complexity index is 642. The number of aromatic nitrogens is 1. The third-order valence-electron chi connectivity index (χ3n) is 3.68. The fraction of sp³-hybridized carbons (Fsp3) is 0.429. The van der Waals surface area contributed by atoms with E-state index in [-0.39, 0.29) is 11.9 Å². The smallest absolute Gasteiger partial charge is 0.241 e. The third kappa shape index (κ3) is 2.66. The van der Waals surface area contributed by atoms with E-state index in [0.717, 1.165) is 29.6 Å². The van der Waals surface area contributed by atoms with Gasteiger partial charge in [0.2, 0.25) is 5.91 Å². The van der Waals surface area contributed by atoms with Crippen LogP contribution in [0.1, 0.15) is 19.8 Å². The van der Waals surface area contributed by atoms with Crippen LogP contribution in [0.2, 0.25) is 5.02 Å². The molecule has 3 rings (SSSR count). The Labute approximate surface area is 126 Å². The summed E-state index contributed by atoms with van der Waals surface area (Å²) in [4.78, 5) is 16.7. The van der Waals surface area contributed by atoms with Crippen LogP contribution in [0.25, 0.3) is 10.2 Å². The summed E-state index contributed by atoms with van der Waals surface area (Å²) in [5.74, 6) is 0.538. The molecule has 0 spiro atoms. The number of carbonyl (C=O) groups excluding carboxylic acids is 1. The van der Waals surface area contributed by atoms with Crippen LogP contribution in [0.15, 0.2) is 17.6 Å². The first-order valence-corrected chi connectivity index (χ1v) is 7.97. The van der Waals surface area contributed by atoms with E-state index in [4.69, 9.17) is 11.6 Å². The zero-order chi connectivity index (χ0) is 14.1. The second-order valence-electron chi connectivity index (χ2n) is 5.25. The highest BCUT2D eigenvalue weighted by atomic mass is 35.5. The van der Waals surface area contributed by atoms with Gasteiger partial charge >= 0.3 is 0 Å². The van der Waals surface area contributed by atoms with Gasteiger partial charge in [-0.15, -0.1) is 11.3 Å². The van der Waals surface area contributed by atoms with Gasteiger partial charge in [-0.2, -0.15) is 0 Å². The van der Waals surface area contributed by atoms with Crippen molar-refractivity contribution in [3.05, 3.63) is 22.7 Å². The minimum absolute atomic E-state index is 0.0287. The highest BCUT2D eigenvalue weighted by Gasteiger charge is 2.25. The Balaban J connectivity index is 1.83. The number of piperidine rings is 1. The first kappa shape index (κ1) is 13.8. The monoisotopic (exact) mass is 309 g/mol. The van der Waals surface area contributed by atoms with Crippen LogP contribution in [-0.4, -0.2) is 23.5 Å². The van der Waals surface area contributed by atoms with E-state index in [0.29, 0.717) is 16.6 Å². The van der Waals surface area contributed by atoms with Crippen molar-refractivity contribution in [1.82, 2.24) is 10.3 Å². The number of carbonyl (C=O) groups is 1. The van der Waals surface area contributed by atoms with Crippen molar-refractivity contribution in [3.8, 4) is 0 Å². The Hall–Kier alpha value is -1.17. The average molecular weight is 310 g/mol. The normalized spacial score (nSPS) is 22.9. The first-order valence-electron chi connectivity index (χ1n) is 6.71. The lowest BCUT2D eigenvalue weighted by Gasteiger charge is -2.27. The minimum Gasteiger partial charge on any atom is -0.322 e. The van der Waals surface area contributed by atoms with E-state index < -0.39 is 0 Å². The molecule has 1 aromatic heterocycles. The summed E-state index contributed by atoms with van der Waals surface area (Å²) < 4.78 is 1.02. The summed E-state index contributed by atoms with van der Waals surface area (Å²) in [6.45, 7) is 3.06. The maximum absolute atomic E-state index is 12.4. The molecule has 0 saturated carbocycles. The lowest BCUT2D eigenvalue weighted by molar-refractivity contribution is -0.119. The third-order valence-corrected chi connectivity index (χ3v) is 4.79. The van der Waals surface area contributed by atoms with Crippen molar-refractivity contribution >= 4 is 44.7 Å². The van der Waals surface area contributed by atoms with E-state index in [1.54, 1.807) is 11.6 Å². The van der Waals surface area contributed by atoms with Crippen molar-refractivity contribution < 1.29 is 4.79 Å². The van der Waals surface area contributed by atoms with Gasteiger partial charge in [0.25, 0.3) is 0 Å². The Morgan fingerprint density at radius 2 is 2.40 bits per heavy atom. The molecule has 2 aromatic rings. The van der Waals surface area contributed by atoms with E-state index in [9.17, 15) is 4.79 Å². The number of hydrogen-bond donors (Lipinski definition) is 2. The molecule has 0 radical (unpaired) electrons. The van der Waals surface area contributed by atoms with E-state index >= 15 is 0 Å². The highest BCUT2D eigenvalue weighted by Crippen LogP contribution is 2.32. The van der Waals surface area contributed by atoms with Crippen LogP contribution in [0.4, 0.5) is 5.69 Å². The van der Waals surface area contributed by atoms with Gasteiger partial charge in [-0.05, 0) is 37.4 Å². The largest absolute Gasteiger partial charge is 0.322 e. The lowest BCUT2D eigenvalue weighted by atomic mass is 9.94. The summed E-state index contributed by atoms with van der Waals surface area (Å²) in [5.41, 5.74) is 3.15. The highest BCUT2D eigenvalue weighted by molar-refractivity contribution is 7.16. The SMILES string of the molecule is CC1CCNC(C(=O)Nc2c(Cl)ccc3scnc23)C1. The van der Waals surface area contributed by atoms with Crippen molar-refractivity contribution in [2.45, 2.75) is 25.8 Å². The van der Waals surface area contributed by atoms with E-state index in [2.05, 4.69) is 22.5 Å². The van der Waals surface area contributed by atoms with Crippen molar-refractivity contribution in [2.75, 3.05) is 11.9 Å². The standard InChI is InChI=1S/C14H16ClN3OS/c1-8-4-5-16-10(6-8)14(19)18-12-9(15)2-3-11-13(12)17-7-20-11/h2-3,7-8,10,16H,4-6H2,1H3,(H,18,19). The maximum Gasteiger partial charge on any atom is 0.241 e. The van der Waals surface area contributed by atoms with E-state index in [1.807, 2.05) is 6.07 Å². The number of anilines is 1. The Morgan fingerprint density at radius 1 is 1.55 bits per heavy atom. The molecule has 1 aliphatic heterocycles. The van der Waals surface area contributed by atoms with Crippen LogP contribution in [0.3, 0.4) is 0 Å². The number of rotatable bonds is 2. The van der Waals surface area contributed by atoms with Crippen LogP contribution >= 0.6 is 22.9 Å². The number of halogens is 1. The molecule has 2 unspecified atom stereocenters. The van der Waals surface area contributed by atoms with Gasteiger partial charge < -0.3 is 10.6 Å². The van der Waals surface area contributed by atoms with Gasteiger partial charge in [0.05, 0.1) is 27.0 Å². The van der Waals surface area contributed by atoms with Gasteiger partial charge in [-0.1, -0.05) is 18.5 Å². The molecule has 1 saturated heterocycles. The molecule has 2 heterocycles. The fourth-order valence-corrected chi connectivity index (χ4v) is 3.43. The topological polar surface area (TPSA) is 54.0 Å². The lowest BCUT2D eigenvalue weighted by Crippen LogP contribution is -2.45. The van der Waals surface area contributed by atoms with Crippen molar-refractivity contribution in [3.63, 3.8) is 0 Å². The number of hydrogen-bond acceptors (Lipinski definition) is 4. The molecule has 4 nitrogen and oxygen atoms in total. The van der Waals surface area contributed by atoms with Gasteiger partial charge in [0.1, 0.15) is 5.52 Å². The average Bonchev–Trinajstić information content (AvgIpc) is 2.90. The molecule has 1 fully saturated rings. The predicted molar refractivity (Wildman–Crippen MR) is 83.4 cm³/mol. The number of fused-ring (bicyclic) bond motifs is 1. The second kappa shape index (κ2) is 5.68. The van der Waals surface area contributed by atoms with Crippen LogP contribution < -0.4 is 10.6 Å². The molecule has 6 heteroatoms. The minimum atomic E-state index is -0.149. The molecule has 20 heavy (non-hydrogen) atoms.